The van der Waals surface area contributed by atoms with Gasteiger partial charge < -0.3 is 5.32 Å². The van der Waals surface area contributed by atoms with Crippen molar-refractivity contribution in [3.8, 4) is 0 Å². The van der Waals surface area contributed by atoms with Gasteiger partial charge in [-0.05, 0) is 49.4 Å². The molecule has 1 aliphatic rings. The van der Waals surface area contributed by atoms with Gasteiger partial charge in [0, 0.05) is 18.3 Å². The topological polar surface area (TPSA) is 104 Å². The lowest BCUT2D eigenvalue weighted by Gasteiger charge is -2.20. The lowest BCUT2D eigenvalue weighted by atomic mass is 10.1. The molecule has 8 nitrogen and oxygen atoms in total. The highest BCUT2D eigenvalue weighted by molar-refractivity contribution is 7.92. The van der Waals surface area contributed by atoms with Crippen LogP contribution < -0.4 is 14.5 Å². The molecular weight excluding hydrogens is 454 g/mol. The Bertz CT molecular complexity index is 1370. The van der Waals surface area contributed by atoms with Crippen molar-refractivity contribution in [1.82, 2.24) is 0 Å². The van der Waals surface area contributed by atoms with E-state index in [-0.39, 0.29) is 17.1 Å². The number of hydrogen-bond donors (Lipinski definition) is 1. The van der Waals surface area contributed by atoms with Crippen LogP contribution in [0, 0.1) is 0 Å². The molecule has 0 radical (unpaired) electrons. The molecule has 4 rings (SSSR count). The number of para-hydroxylation sites is 1. The molecule has 1 heterocycles. The third kappa shape index (κ3) is 4.42. The molecule has 1 atom stereocenters. The van der Waals surface area contributed by atoms with Gasteiger partial charge in [0.15, 0.2) is 5.78 Å². The Hall–Kier alpha value is -3.98. The molecule has 174 valence electrons. The summed E-state index contributed by atoms with van der Waals surface area (Å²) in [7, 11) is -2.37. The van der Waals surface area contributed by atoms with Crippen LogP contribution in [-0.4, -0.2) is 39.1 Å². The summed E-state index contributed by atoms with van der Waals surface area (Å²) in [5.74, 6) is -1.05. The number of amides is 2. The highest BCUT2D eigenvalue weighted by atomic mass is 32.2. The van der Waals surface area contributed by atoms with Crippen molar-refractivity contribution in [2.75, 3.05) is 21.6 Å². The van der Waals surface area contributed by atoms with E-state index >= 15 is 0 Å². The Morgan fingerprint density at radius 3 is 2.38 bits per heavy atom. The molecule has 3 aromatic carbocycles. The van der Waals surface area contributed by atoms with Crippen molar-refractivity contribution in [3.63, 3.8) is 0 Å². The second kappa shape index (κ2) is 9.11. The SMILES string of the molecule is CC(=O)c1cccc(N2C(=O)C[C@H](Nc3cccc(S(=O)(=O)N(C)c4ccccc4)c3)C2=O)c1. The fourth-order valence-corrected chi connectivity index (χ4v) is 5.00. The molecule has 34 heavy (non-hydrogen) atoms. The minimum absolute atomic E-state index is 0.0478. The zero-order chi connectivity index (χ0) is 24.5. The predicted molar refractivity (Wildman–Crippen MR) is 129 cm³/mol. The number of Topliss-reactive ketones (excluding diaryl/α,β-unsaturated/α-hetero) is 1. The van der Waals surface area contributed by atoms with Crippen LogP contribution in [0.3, 0.4) is 0 Å². The minimum atomic E-state index is -3.84. The Morgan fingerprint density at radius 1 is 0.971 bits per heavy atom. The van der Waals surface area contributed by atoms with Gasteiger partial charge in [0.1, 0.15) is 6.04 Å². The molecule has 0 spiro atoms. The summed E-state index contributed by atoms with van der Waals surface area (Å²) in [4.78, 5) is 38.4. The van der Waals surface area contributed by atoms with Gasteiger partial charge in [-0.25, -0.2) is 13.3 Å². The van der Waals surface area contributed by atoms with Gasteiger partial charge in [0.05, 0.1) is 22.7 Å². The Kier molecular flexibility index (Phi) is 6.21. The van der Waals surface area contributed by atoms with E-state index in [0.717, 1.165) is 4.90 Å². The quantitative estimate of drug-likeness (QED) is 0.413. The molecule has 1 N–H and O–H groups in total. The molecule has 0 saturated carbocycles. The van der Waals surface area contributed by atoms with Crippen LogP contribution in [0.15, 0.2) is 83.8 Å². The first-order valence-corrected chi connectivity index (χ1v) is 12.0. The van der Waals surface area contributed by atoms with E-state index in [0.29, 0.717) is 22.6 Å². The molecule has 0 bridgehead atoms. The van der Waals surface area contributed by atoms with Crippen LogP contribution in [-0.2, 0) is 19.6 Å². The van der Waals surface area contributed by atoms with Crippen LogP contribution in [0.1, 0.15) is 23.7 Å². The first kappa shape index (κ1) is 23.2. The molecule has 0 unspecified atom stereocenters. The monoisotopic (exact) mass is 477 g/mol. The zero-order valence-electron chi connectivity index (χ0n) is 18.6. The predicted octanol–water partition coefficient (Wildman–Crippen LogP) is 3.46. The molecule has 9 heteroatoms. The fourth-order valence-electron chi connectivity index (χ4n) is 3.76. The summed E-state index contributed by atoms with van der Waals surface area (Å²) in [6.07, 6.45) is -0.0932. The van der Waals surface area contributed by atoms with Crippen LogP contribution >= 0.6 is 0 Å². The summed E-state index contributed by atoms with van der Waals surface area (Å²) in [5.41, 5.74) is 1.64. The van der Waals surface area contributed by atoms with E-state index in [1.807, 2.05) is 0 Å². The van der Waals surface area contributed by atoms with Gasteiger partial charge in [0.25, 0.3) is 15.9 Å². The van der Waals surface area contributed by atoms with Gasteiger partial charge >= 0.3 is 0 Å². The number of nitrogens with zero attached hydrogens (tertiary/aromatic N) is 2. The summed E-state index contributed by atoms with van der Waals surface area (Å²) < 4.78 is 27.4. The van der Waals surface area contributed by atoms with Gasteiger partial charge in [-0.2, -0.15) is 0 Å². The number of rotatable bonds is 7. The molecule has 1 saturated heterocycles. The number of anilines is 3. The van der Waals surface area contributed by atoms with Crippen LogP contribution in [0.5, 0.6) is 0 Å². The van der Waals surface area contributed by atoms with Gasteiger partial charge in [-0.15, -0.1) is 0 Å². The van der Waals surface area contributed by atoms with E-state index < -0.39 is 27.9 Å². The minimum Gasteiger partial charge on any atom is -0.373 e. The van der Waals surface area contributed by atoms with Crippen molar-refractivity contribution >= 4 is 44.7 Å². The lowest BCUT2D eigenvalue weighted by molar-refractivity contribution is -0.121. The molecule has 2 amide bonds. The highest BCUT2D eigenvalue weighted by Gasteiger charge is 2.39. The third-order valence-corrected chi connectivity index (χ3v) is 7.39. The summed E-state index contributed by atoms with van der Waals surface area (Å²) >= 11 is 0. The molecular formula is C25H23N3O5S. The van der Waals surface area contributed by atoms with E-state index in [9.17, 15) is 22.8 Å². The number of benzene rings is 3. The van der Waals surface area contributed by atoms with Gasteiger partial charge in [-0.1, -0.05) is 36.4 Å². The van der Waals surface area contributed by atoms with Gasteiger partial charge in [0.2, 0.25) is 5.91 Å². The molecule has 3 aromatic rings. The number of sulfonamides is 1. The maximum Gasteiger partial charge on any atom is 0.264 e. The maximum atomic E-state index is 13.1. The Labute approximate surface area is 197 Å². The molecule has 1 aliphatic heterocycles. The van der Waals surface area contributed by atoms with Crippen molar-refractivity contribution < 1.29 is 22.8 Å². The average Bonchev–Trinajstić information content (AvgIpc) is 3.11. The largest absolute Gasteiger partial charge is 0.373 e. The Morgan fingerprint density at radius 2 is 1.68 bits per heavy atom. The fraction of sp³-hybridized carbons (Fsp3) is 0.160. The van der Waals surface area contributed by atoms with Crippen LogP contribution in [0.25, 0.3) is 0 Å². The second-order valence-corrected chi connectivity index (χ2v) is 9.88. The van der Waals surface area contributed by atoms with Crippen molar-refractivity contribution in [1.29, 1.82) is 0 Å². The molecule has 0 aromatic heterocycles. The number of ketones is 1. The van der Waals surface area contributed by atoms with Crippen molar-refractivity contribution in [2.45, 2.75) is 24.3 Å². The van der Waals surface area contributed by atoms with E-state index in [2.05, 4.69) is 5.32 Å². The van der Waals surface area contributed by atoms with Crippen LogP contribution in [0.2, 0.25) is 0 Å². The van der Waals surface area contributed by atoms with Crippen molar-refractivity contribution in [3.05, 3.63) is 84.4 Å². The maximum absolute atomic E-state index is 13.1. The van der Waals surface area contributed by atoms with E-state index in [4.69, 9.17) is 0 Å². The standard InChI is InChI=1S/C25H23N3O5S/c1-17(29)18-8-6-12-21(14-18)28-24(30)16-23(25(28)31)26-19-9-7-13-22(15-19)34(32,33)27(2)20-10-4-3-5-11-20/h3-15,23,26H,16H2,1-2H3/t23-/m0/s1. The van der Waals surface area contributed by atoms with Crippen molar-refractivity contribution in [2.24, 2.45) is 0 Å². The van der Waals surface area contributed by atoms with Gasteiger partial charge in [-0.3, -0.25) is 18.7 Å². The first-order valence-electron chi connectivity index (χ1n) is 10.6. The molecule has 1 fully saturated rings. The Balaban J connectivity index is 1.56. The highest BCUT2D eigenvalue weighted by Crippen LogP contribution is 2.28. The number of carbonyl (C=O) groups excluding carboxylic acids is 3. The summed E-state index contributed by atoms with van der Waals surface area (Å²) in [5, 5.41) is 2.99. The second-order valence-electron chi connectivity index (χ2n) is 7.91. The van der Waals surface area contributed by atoms with Crippen LogP contribution in [0.4, 0.5) is 17.1 Å². The normalized spacial score (nSPS) is 15.9. The van der Waals surface area contributed by atoms with E-state index in [1.165, 1.54) is 36.5 Å². The average molecular weight is 478 g/mol. The summed E-state index contributed by atoms with van der Waals surface area (Å²) in [6.45, 7) is 1.41. The molecule has 0 aliphatic carbocycles. The number of carbonyl (C=O) groups is 3. The summed E-state index contributed by atoms with van der Waals surface area (Å²) in [6, 6.07) is 20.3. The smallest absolute Gasteiger partial charge is 0.264 e. The zero-order valence-corrected chi connectivity index (χ0v) is 19.5. The van der Waals surface area contributed by atoms with E-state index in [1.54, 1.807) is 60.7 Å². The third-order valence-electron chi connectivity index (χ3n) is 5.61. The lowest BCUT2D eigenvalue weighted by Crippen LogP contribution is -2.35. The first-order chi connectivity index (χ1) is 16.2. The number of hydrogen-bond acceptors (Lipinski definition) is 6. The number of nitrogens with one attached hydrogen (secondary N) is 1. The number of imide groups is 1.